The van der Waals surface area contributed by atoms with Crippen LogP contribution in [0.2, 0.25) is 0 Å². The molecule has 1 aromatic rings. The summed E-state index contributed by atoms with van der Waals surface area (Å²) in [6.45, 7) is 0.103. The van der Waals surface area contributed by atoms with Gasteiger partial charge in [-0.2, -0.15) is 0 Å². The molecule has 1 aromatic carbocycles. The number of amides is 3. The lowest BCUT2D eigenvalue weighted by Gasteiger charge is -2.14. The molecule has 0 atom stereocenters. The SMILES string of the molecule is CN1CC(=O)N(Cc2ccc([N+](=O)[O-])c(N)c2)C1=O. The van der Waals surface area contributed by atoms with Gasteiger partial charge in [0.2, 0.25) is 0 Å². The first kappa shape index (κ1) is 12.8. The molecule has 2 rings (SSSR count). The number of likely N-dealkylation sites (N-methyl/N-ethyl adjacent to an activating group) is 1. The maximum atomic E-state index is 11.7. The number of hydrogen-bond acceptors (Lipinski definition) is 5. The summed E-state index contributed by atoms with van der Waals surface area (Å²) >= 11 is 0. The molecule has 1 heterocycles. The molecule has 3 amide bonds. The van der Waals surface area contributed by atoms with Crippen LogP contribution in [0.3, 0.4) is 0 Å². The number of nitro groups is 1. The van der Waals surface area contributed by atoms with Crippen molar-refractivity contribution in [1.29, 1.82) is 0 Å². The monoisotopic (exact) mass is 264 g/mol. The van der Waals surface area contributed by atoms with Crippen LogP contribution in [-0.4, -0.2) is 40.3 Å². The largest absolute Gasteiger partial charge is 0.393 e. The summed E-state index contributed by atoms with van der Waals surface area (Å²) in [6, 6.07) is 3.76. The van der Waals surface area contributed by atoms with E-state index in [0.29, 0.717) is 5.56 Å². The van der Waals surface area contributed by atoms with E-state index in [9.17, 15) is 19.7 Å². The maximum Gasteiger partial charge on any atom is 0.327 e. The molecular formula is C11H12N4O4. The van der Waals surface area contributed by atoms with Gasteiger partial charge in [-0.3, -0.25) is 19.8 Å². The highest BCUT2D eigenvalue weighted by Crippen LogP contribution is 2.23. The Morgan fingerprint density at radius 2 is 2.11 bits per heavy atom. The highest BCUT2D eigenvalue weighted by atomic mass is 16.6. The average Bonchev–Trinajstić information content (AvgIpc) is 2.56. The Bertz CT molecular complexity index is 572. The summed E-state index contributed by atoms with van der Waals surface area (Å²) in [7, 11) is 1.53. The second-order valence-electron chi connectivity index (χ2n) is 4.27. The summed E-state index contributed by atoms with van der Waals surface area (Å²) in [5.41, 5.74) is 5.94. The minimum absolute atomic E-state index is 0.00921. The van der Waals surface area contributed by atoms with Crippen LogP contribution in [0, 0.1) is 10.1 Å². The molecule has 0 aromatic heterocycles. The zero-order valence-corrected chi connectivity index (χ0v) is 10.2. The number of carbonyl (C=O) groups excluding carboxylic acids is 2. The number of anilines is 1. The van der Waals surface area contributed by atoms with Gasteiger partial charge < -0.3 is 10.6 Å². The van der Waals surface area contributed by atoms with E-state index in [2.05, 4.69) is 0 Å². The lowest BCUT2D eigenvalue weighted by molar-refractivity contribution is -0.383. The van der Waals surface area contributed by atoms with Gasteiger partial charge >= 0.3 is 6.03 Å². The highest BCUT2D eigenvalue weighted by Gasteiger charge is 2.33. The number of benzene rings is 1. The molecule has 2 N–H and O–H groups in total. The molecule has 0 bridgehead atoms. The van der Waals surface area contributed by atoms with Gasteiger partial charge in [0.05, 0.1) is 11.5 Å². The predicted molar refractivity (Wildman–Crippen MR) is 66.1 cm³/mol. The number of nitrogen functional groups attached to an aromatic ring is 1. The number of carbonyl (C=O) groups is 2. The molecule has 1 aliphatic heterocycles. The minimum atomic E-state index is -0.584. The lowest BCUT2D eigenvalue weighted by atomic mass is 10.1. The molecule has 1 saturated heterocycles. The Morgan fingerprint density at radius 1 is 1.42 bits per heavy atom. The first-order valence-electron chi connectivity index (χ1n) is 5.48. The molecule has 0 radical (unpaired) electrons. The fourth-order valence-electron chi connectivity index (χ4n) is 1.88. The first-order chi connectivity index (χ1) is 8.90. The molecule has 8 nitrogen and oxygen atoms in total. The molecule has 0 spiro atoms. The molecule has 0 saturated carbocycles. The van der Waals surface area contributed by atoms with Crippen LogP contribution < -0.4 is 5.73 Å². The third kappa shape index (κ3) is 2.32. The molecule has 100 valence electrons. The molecule has 1 fully saturated rings. The van der Waals surface area contributed by atoms with Crippen molar-refractivity contribution in [2.24, 2.45) is 0 Å². The third-order valence-electron chi connectivity index (χ3n) is 2.86. The van der Waals surface area contributed by atoms with Crippen LogP contribution in [-0.2, 0) is 11.3 Å². The quantitative estimate of drug-likeness (QED) is 0.371. The molecule has 19 heavy (non-hydrogen) atoms. The van der Waals surface area contributed by atoms with Crippen LogP contribution in [0.25, 0.3) is 0 Å². The van der Waals surface area contributed by atoms with Crippen molar-refractivity contribution in [1.82, 2.24) is 9.80 Å². The summed E-state index contributed by atoms with van der Waals surface area (Å²) in [5.74, 6) is -0.301. The van der Waals surface area contributed by atoms with E-state index in [0.717, 1.165) is 4.90 Å². The molecule has 0 aliphatic carbocycles. The summed E-state index contributed by atoms with van der Waals surface area (Å²) in [6.07, 6.45) is 0. The van der Waals surface area contributed by atoms with E-state index in [1.807, 2.05) is 0 Å². The Morgan fingerprint density at radius 3 is 2.58 bits per heavy atom. The van der Waals surface area contributed by atoms with Crippen LogP contribution >= 0.6 is 0 Å². The van der Waals surface area contributed by atoms with Crippen LogP contribution in [0.5, 0.6) is 0 Å². The lowest BCUT2D eigenvalue weighted by Crippen LogP contribution is -2.31. The zero-order valence-electron chi connectivity index (χ0n) is 10.2. The van der Waals surface area contributed by atoms with Crippen molar-refractivity contribution < 1.29 is 14.5 Å². The fraction of sp³-hybridized carbons (Fsp3) is 0.273. The zero-order chi connectivity index (χ0) is 14.2. The van der Waals surface area contributed by atoms with E-state index >= 15 is 0 Å². The summed E-state index contributed by atoms with van der Waals surface area (Å²) in [5, 5.41) is 10.6. The van der Waals surface area contributed by atoms with Gasteiger partial charge in [-0.05, 0) is 11.6 Å². The van der Waals surface area contributed by atoms with E-state index in [-0.39, 0.29) is 36.4 Å². The van der Waals surface area contributed by atoms with Crippen molar-refractivity contribution >= 4 is 23.3 Å². The van der Waals surface area contributed by atoms with Gasteiger partial charge in [0, 0.05) is 13.1 Å². The number of urea groups is 1. The third-order valence-corrected chi connectivity index (χ3v) is 2.86. The number of nitrogens with zero attached hydrogens (tertiary/aromatic N) is 3. The smallest absolute Gasteiger partial charge is 0.327 e. The molecule has 0 unspecified atom stereocenters. The number of imide groups is 1. The fourth-order valence-corrected chi connectivity index (χ4v) is 1.88. The summed E-state index contributed by atoms with van der Waals surface area (Å²) in [4.78, 5) is 35.7. The maximum absolute atomic E-state index is 11.7. The Hall–Kier alpha value is -2.64. The Kier molecular flexibility index (Phi) is 3.07. The second-order valence-corrected chi connectivity index (χ2v) is 4.27. The predicted octanol–water partition coefficient (Wildman–Crippen LogP) is 0.571. The summed E-state index contributed by atoms with van der Waals surface area (Å²) < 4.78 is 0. The molecular weight excluding hydrogens is 252 g/mol. The van der Waals surface area contributed by atoms with E-state index in [1.54, 1.807) is 0 Å². The number of nitro benzene ring substituents is 1. The van der Waals surface area contributed by atoms with Crippen molar-refractivity contribution in [2.45, 2.75) is 6.54 Å². The Balaban J connectivity index is 2.21. The molecule has 8 heteroatoms. The van der Waals surface area contributed by atoms with Gasteiger partial charge in [-0.15, -0.1) is 0 Å². The van der Waals surface area contributed by atoms with Gasteiger partial charge in [0.1, 0.15) is 12.2 Å². The van der Waals surface area contributed by atoms with Crippen molar-refractivity contribution in [2.75, 3.05) is 19.3 Å². The minimum Gasteiger partial charge on any atom is -0.393 e. The van der Waals surface area contributed by atoms with Gasteiger partial charge in [-0.1, -0.05) is 6.07 Å². The van der Waals surface area contributed by atoms with Crippen molar-refractivity contribution in [3.05, 3.63) is 33.9 Å². The van der Waals surface area contributed by atoms with Gasteiger partial charge in [-0.25, -0.2) is 4.79 Å². The number of hydrogen-bond donors (Lipinski definition) is 1. The van der Waals surface area contributed by atoms with Crippen LogP contribution in [0.1, 0.15) is 5.56 Å². The molecule has 1 aliphatic rings. The average molecular weight is 264 g/mol. The Labute approximate surface area is 108 Å². The van der Waals surface area contributed by atoms with Crippen LogP contribution in [0.4, 0.5) is 16.2 Å². The van der Waals surface area contributed by atoms with Gasteiger partial charge in [0.25, 0.3) is 11.6 Å². The first-order valence-corrected chi connectivity index (χ1v) is 5.48. The van der Waals surface area contributed by atoms with E-state index in [1.165, 1.54) is 30.1 Å². The van der Waals surface area contributed by atoms with Crippen LogP contribution in [0.15, 0.2) is 18.2 Å². The van der Waals surface area contributed by atoms with Crippen molar-refractivity contribution in [3.63, 3.8) is 0 Å². The normalized spacial score (nSPS) is 15.2. The second kappa shape index (κ2) is 4.56. The highest BCUT2D eigenvalue weighted by molar-refractivity contribution is 6.01. The van der Waals surface area contributed by atoms with E-state index in [4.69, 9.17) is 5.73 Å². The van der Waals surface area contributed by atoms with E-state index < -0.39 is 4.92 Å². The number of nitrogens with two attached hydrogens (primary N) is 1. The van der Waals surface area contributed by atoms with Crippen molar-refractivity contribution in [3.8, 4) is 0 Å². The number of rotatable bonds is 3. The topological polar surface area (TPSA) is 110 Å². The van der Waals surface area contributed by atoms with Gasteiger partial charge in [0.15, 0.2) is 0 Å². The standard InChI is InChI=1S/C11H12N4O4/c1-13-6-10(16)14(11(13)17)5-7-2-3-9(15(18)19)8(12)4-7/h2-4H,5-6,12H2,1H3.